The van der Waals surface area contributed by atoms with Crippen molar-refractivity contribution < 1.29 is 13.9 Å². The maximum absolute atomic E-state index is 13.5. The second-order valence-corrected chi connectivity index (χ2v) is 5.82. The molecule has 0 saturated heterocycles. The minimum absolute atomic E-state index is 0.229. The molecular formula is C17H14BrFN2O2. The molecule has 23 heavy (non-hydrogen) atoms. The zero-order valence-corrected chi connectivity index (χ0v) is 13.9. The molecule has 0 aliphatic carbocycles. The molecule has 6 heteroatoms. The molecule has 0 aliphatic rings. The van der Waals surface area contributed by atoms with Gasteiger partial charge in [0.15, 0.2) is 11.6 Å². The van der Waals surface area contributed by atoms with E-state index in [0.717, 1.165) is 16.7 Å². The van der Waals surface area contributed by atoms with Gasteiger partial charge in [0.25, 0.3) is 0 Å². The zero-order valence-electron chi connectivity index (χ0n) is 12.3. The van der Waals surface area contributed by atoms with Crippen LogP contribution < -0.4 is 15.2 Å². The topological polar surface area (TPSA) is 57.4 Å². The highest BCUT2D eigenvalue weighted by Crippen LogP contribution is 2.29. The molecule has 0 bridgehead atoms. The van der Waals surface area contributed by atoms with Gasteiger partial charge < -0.3 is 15.2 Å². The van der Waals surface area contributed by atoms with Gasteiger partial charge in [0.1, 0.15) is 18.2 Å². The predicted octanol–water partition coefficient (Wildman–Crippen LogP) is 4.31. The summed E-state index contributed by atoms with van der Waals surface area (Å²) >= 11 is 3.16. The molecule has 0 amide bonds. The fourth-order valence-corrected chi connectivity index (χ4v) is 2.52. The molecule has 0 saturated carbocycles. The number of benzene rings is 2. The number of hydrogen-bond acceptors (Lipinski definition) is 4. The summed E-state index contributed by atoms with van der Waals surface area (Å²) in [6, 6.07) is 12.3. The third kappa shape index (κ3) is 3.37. The molecule has 0 fully saturated rings. The Balaban J connectivity index is 1.84. The Morgan fingerprint density at radius 3 is 2.61 bits per heavy atom. The monoisotopic (exact) mass is 376 g/mol. The molecule has 0 aliphatic heterocycles. The lowest BCUT2D eigenvalue weighted by Crippen LogP contribution is -2.01. The molecule has 1 aromatic heterocycles. The Morgan fingerprint density at radius 2 is 1.91 bits per heavy atom. The van der Waals surface area contributed by atoms with Gasteiger partial charge in [0.05, 0.1) is 17.1 Å². The van der Waals surface area contributed by atoms with Gasteiger partial charge in [0, 0.05) is 11.5 Å². The quantitative estimate of drug-likeness (QED) is 0.736. The average molecular weight is 377 g/mol. The summed E-state index contributed by atoms with van der Waals surface area (Å²) in [6.45, 7) is 0.351. The molecule has 3 aromatic rings. The molecule has 3 rings (SSSR count). The zero-order chi connectivity index (χ0) is 16.4. The lowest BCUT2D eigenvalue weighted by atomic mass is 10.2. The van der Waals surface area contributed by atoms with Crippen LogP contribution in [0.2, 0.25) is 0 Å². The molecule has 2 aromatic carbocycles. The number of hydrogen-bond donors (Lipinski definition) is 1. The van der Waals surface area contributed by atoms with E-state index in [2.05, 4.69) is 20.9 Å². The van der Waals surface area contributed by atoms with E-state index in [1.165, 1.54) is 6.07 Å². The molecule has 118 valence electrons. The fraction of sp³-hybridized carbons (Fsp3) is 0.118. The van der Waals surface area contributed by atoms with Crippen molar-refractivity contribution in [2.45, 2.75) is 6.61 Å². The average Bonchev–Trinajstić information content (AvgIpc) is 2.55. The largest absolute Gasteiger partial charge is 0.497 e. The van der Waals surface area contributed by atoms with Crippen LogP contribution in [-0.2, 0) is 6.61 Å². The van der Waals surface area contributed by atoms with Crippen molar-refractivity contribution >= 4 is 32.7 Å². The molecule has 0 spiro atoms. The van der Waals surface area contributed by atoms with E-state index in [1.807, 2.05) is 24.3 Å². The van der Waals surface area contributed by atoms with Crippen molar-refractivity contribution in [2.24, 2.45) is 0 Å². The first-order valence-electron chi connectivity index (χ1n) is 6.88. The highest BCUT2D eigenvalue weighted by molar-refractivity contribution is 9.10. The van der Waals surface area contributed by atoms with Crippen LogP contribution in [0.1, 0.15) is 5.56 Å². The second kappa shape index (κ2) is 6.42. The number of anilines is 1. The van der Waals surface area contributed by atoms with Crippen molar-refractivity contribution in [3.63, 3.8) is 0 Å². The van der Waals surface area contributed by atoms with Gasteiger partial charge in [-0.25, -0.2) is 9.37 Å². The fourth-order valence-electron chi connectivity index (χ4n) is 2.16. The van der Waals surface area contributed by atoms with Gasteiger partial charge in [0.2, 0.25) is 0 Å². The maximum atomic E-state index is 13.5. The number of fused-ring (bicyclic) bond motifs is 1. The third-order valence-electron chi connectivity index (χ3n) is 3.40. The third-order valence-corrected chi connectivity index (χ3v) is 4.01. The first kappa shape index (κ1) is 15.6. The second-order valence-electron chi connectivity index (χ2n) is 4.97. The number of ether oxygens (including phenoxy) is 2. The van der Waals surface area contributed by atoms with Crippen LogP contribution in [0.15, 0.2) is 46.9 Å². The molecule has 4 nitrogen and oxygen atoms in total. The van der Waals surface area contributed by atoms with Crippen molar-refractivity contribution in [2.75, 3.05) is 12.8 Å². The van der Waals surface area contributed by atoms with Crippen molar-refractivity contribution in [1.29, 1.82) is 0 Å². The van der Waals surface area contributed by atoms with E-state index in [1.54, 1.807) is 19.2 Å². The van der Waals surface area contributed by atoms with Crippen molar-refractivity contribution in [3.05, 3.63) is 58.3 Å². The van der Waals surface area contributed by atoms with E-state index >= 15 is 0 Å². The van der Waals surface area contributed by atoms with E-state index in [-0.39, 0.29) is 11.6 Å². The van der Waals surface area contributed by atoms with Crippen LogP contribution in [-0.4, -0.2) is 12.1 Å². The van der Waals surface area contributed by atoms with Gasteiger partial charge in [-0.1, -0.05) is 12.1 Å². The summed E-state index contributed by atoms with van der Waals surface area (Å²) in [7, 11) is 1.62. The predicted molar refractivity (Wildman–Crippen MR) is 91.1 cm³/mol. The summed E-state index contributed by atoms with van der Waals surface area (Å²) in [5.41, 5.74) is 7.36. The molecular weight excluding hydrogens is 363 g/mol. The van der Waals surface area contributed by atoms with Gasteiger partial charge >= 0.3 is 0 Å². The number of nitrogens with zero attached hydrogens (tertiary/aromatic N) is 1. The Labute approximate surface area is 141 Å². The highest BCUT2D eigenvalue weighted by Gasteiger charge is 2.09. The van der Waals surface area contributed by atoms with Crippen LogP contribution >= 0.6 is 15.9 Å². The first-order chi connectivity index (χ1) is 11.1. The van der Waals surface area contributed by atoms with E-state index < -0.39 is 0 Å². The van der Waals surface area contributed by atoms with E-state index in [9.17, 15) is 4.39 Å². The Bertz CT molecular complexity index is 853. The summed E-state index contributed by atoms with van der Waals surface area (Å²) in [5.74, 6) is 1.10. The minimum Gasteiger partial charge on any atom is -0.497 e. The van der Waals surface area contributed by atoms with Crippen LogP contribution in [0.4, 0.5) is 10.2 Å². The molecule has 0 atom stereocenters. The van der Waals surface area contributed by atoms with Gasteiger partial charge in [-0.15, -0.1) is 0 Å². The van der Waals surface area contributed by atoms with E-state index in [4.69, 9.17) is 15.2 Å². The van der Waals surface area contributed by atoms with Gasteiger partial charge in [-0.05, 0) is 45.8 Å². The number of nitrogen functional groups attached to an aromatic ring is 1. The SMILES string of the molecule is COc1ccc(COc2cc3cc(Br)c(F)cc3nc2N)cc1. The highest BCUT2D eigenvalue weighted by atomic mass is 79.9. The Hall–Kier alpha value is -2.34. The van der Waals surface area contributed by atoms with Gasteiger partial charge in [-0.2, -0.15) is 0 Å². The first-order valence-corrected chi connectivity index (χ1v) is 7.67. The lowest BCUT2D eigenvalue weighted by Gasteiger charge is -2.10. The summed E-state index contributed by atoms with van der Waals surface area (Å²) in [6.07, 6.45) is 0. The van der Waals surface area contributed by atoms with E-state index in [0.29, 0.717) is 22.3 Å². The van der Waals surface area contributed by atoms with Crippen LogP contribution in [0.5, 0.6) is 11.5 Å². The maximum Gasteiger partial charge on any atom is 0.166 e. The number of halogens is 2. The number of methoxy groups -OCH3 is 1. The van der Waals surface area contributed by atoms with Gasteiger partial charge in [-0.3, -0.25) is 0 Å². The van der Waals surface area contributed by atoms with Crippen LogP contribution in [0.3, 0.4) is 0 Å². The van der Waals surface area contributed by atoms with Crippen molar-refractivity contribution in [1.82, 2.24) is 4.98 Å². The summed E-state index contributed by atoms with van der Waals surface area (Å²) in [5, 5.41) is 0.747. The van der Waals surface area contributed by atoms with Crippen LogP contribution in [0, 0.1) is 5.82 Å². The number of rotatable bonds is 4. The summed E-state index contributed by atoms with van der Waals surface area (Å²) < 4.78 is 24.8. The molecule has 2 N–H and O–H groups in total. The number of aromatic nitrogens is 1. The lowest BCUT2D eigenvalue weighted by molar-refractivity contribution is 0.307. The van der Waals surface area contributed by atoms with Crippen molar-refractivity contribution in [3.8, 4) is 11.5 Å². The smallest absolute Gasteiger partial charge is 0.166 e. The standard InChI is InChI=1S/C17H14BrFN2O2/c1-22-12-4-2-10(3-5-12)9-23-16-7-11-6-13(18)14(19)8-15(11)21-17(16)20/h2-8H,9H2,1H3,(H2,20,21). The summed E-state index contributed by atoms with van der Waals surface area (Å²) in [4.78, 5) is 4.19. The minimum atomic E-state index is -0.378. The van der Waals surface area contributed by atoms with Crippen LogP contribution in [0.25, 0.3) is 10.9 Å². The molecule has 1 heterocycles. The molecule has 0 unspecified atom stereocenters. The Kier molecular flexibility index (Phi) is 4.34. The number of pyridine rings is 1. The normalized spacial score (nSPS) is 10.7. The molecule has 0 radical (unpaired) electrons. The number of nitrogens with two attached hydrogens (primary N) is 1. The Morgan fingerprint density at radius 1 is 1.17 bits per heavy atom.